The van der Waals surface area contributed by atoms with Gasteiger partial charge in [0.15, 0.2) is 0 Å². The topological polar surface area (TPSA) is 3.24 Å². The van der Waals surface area contributed by atoms with Gasteiger partial charge in [-0.25, -0.2) is 0 Å². The number of rotatable bonds is 2. The van der Waals surface area contributed by atoms with Gasteiger partial charge in [-0.3, -0.25) is 4.90 Å². The molecule has 0 radical (unpaired) electrons. The van der Waals surface area contributed by atoms with Gasteiger partial charge in [-0.05, 0) is 84.2 Å². The van der Waals surface area contributed by atoms with Crippen molar-refractivity contribution in [2.45, 2.75) is 71.0 Å². The molecule has 136 valence electrons. The summed E-state index contributed by atoms with van der Waals surface area (Å²) < 4.78 is 0. The van der Waals surface area contributed by atoms with Crippen LogP contribution in [0.4, 0.5) is 0 Å². The number of nitrogens with zero attached hydrogens (tertiary/aromatic N) is 1. The maximum absolute atomic E-state index is 3.29. The molecule has 0 unspecified atom stereocenters. The molecule has 0 saturated heterocycles. The zero-order valence-corrected chi connectivity index (χ0v) is 17.1. The molecule has 1 aliphatic carbocycles. The minimum atomic E-state index is 0.126. The van der Waals surface area contributed by atoms with Gasteiger partial charge in [-0.2, -0.15) is 0 Å². The third kappa shape index (κ3) is 3.87. The fourth-order valence-corrected chi connectivity index (χ4v) is 4.58. The number of benzene rings is 2. The summed E-state index contributed by atoms with van der Waals surface area (Å²) in [7, 11) is 0. The van der Waals surface area contributed by atoms with Gasteiger partial charge in [0, 0.05) is 27.7 Å². The van der Waals surface area contributed by atoms with Crippen molar-refractivity contribution in [2.75, 3.05) is 0 Å². The average Bonchev–Trinajstić information content (AvgIpc) is 3.33. The molecule has 0 amide bonds. The molecule has 1 saturated carbocycles. The van der Waals surface area contributed by atoms with Crippen LogP contribution < -0.4 is 0 Å². The van der Waals surface area contributed by atoms with Crippen LogP contribution in [0.5, 0.6) is 0 Å². The van der Waals surface area contributed by atoms with Crippen LogP contribution in [0.15, 0.2) is 54.6 Å². The summed E-state index contributed by atoms with van der Waals surface area (Å²) in [6.07, 6.45) is 2.47. The summed E-state index contributed by atoms with van der Waals surface area (Å²) in [4.78, 5) is 2.71. The van der Waals surface area contributed by atoms with Gasteiger partial charge in [0.05, 0.1) is 0 Å². The Bertz CT molecular complexity index is 787. The largest absolute Gasteiger partial charge is 0.284 e. The Morgan fingerprint density at radius 1 is 0.692 bits per heavy atom. The highest BCUT2D eigenvalue weighted by molar-refractivity contribution is 5.45. The van der Waals surface area contributed by atoms with Crippen LogP contribution in [0.2, 0.25) is 0 Å². The van der Waals surface area contributed by atoms with Crippen molar-refractivity contribution in [3.8, 4) is 11.8 Å². The van der Waals surface area contributed by atoms with Gasteiger partial charge in [-0.15, -0.1) is 0 Å². The Kier molecular flexibility index (Phi) is 4.76. The predicted octanol–water partition coefficient (Wildman–Crippen LogP) is 5.97. The van der Waals surface area contributed by atoms with Crippen LogP contribution in [-0.4, -0.2) is 16.0 Å². The van der Waals surface area contributed by atoms with Gasteiger partial charge in [0.1, 0.15) is 0 Å². The zero-order valence-electron chi connectivity index (χ0n) is 17.1. The zero-order chi connectivity index (χ0) is 19.0. The van der Waals surface area contributed by atoms with E-state index in [2.05, 4.69) is 82.5 Å². The quantitative estimate of drug-likeness (QED) is 0.606. The molecule has 1 aliphatic rings. The minimum Gasteiger partial charge on any atom is -0.284 e. The molecule has 0 atom stereocenters. The van der Waals surface area contributed by atoms with E-state index in [1.165, 1.54) is 18.4 Å². The molecule has 3 rings (SSSR count). The van der Waals surface area contributed by atoms with Gasteiger partial charge in [0.2, 0.25) is 0 Å². The summed E-state index contributed by atoms with van der Waals surface area (Å²) in [5.74, 6) is 6.53. The highest BCUT2D eigenvalue weighted by atomic mass is 15.3. The maximum Gasteiger partial charge on any atom is 0.0472 e. The maximum atomic E-state index is 3.29. The molecule has 0 bridgehead atoms. The third-order valence-corrected chi connectivity index (χ3v) is 5.04. The Balaban J connectivity index is 1.88. The smallest absolute Gasteiger partial charge is 0.0472 e. The first-order chi connectivity index (χ1) is 12.1. The first-order valence-corrected chi connectivity index (χ1v) is 9.61. The van der Waals surface area contributed by atoms with Crippen LogP contribution in [0, 0.1) is 11.8 Å². The normalized spacial score (nSPS) is 16.1. The Morgan fingerprint density at radius 2 is 1.15 bits per heavy atom. The van der Waals surface area contributed by atoms with E-state index >= 15 is 0 Å². The molecule has 0 spiro atoms. The number of hydrogen-bond donors (Lipinski definition) is 0. The van der Waals surface area contributed by atoms with E-state index in [0.29, 0.717) is 0 Å². The summed E-state index contributed by atoms with van der Waals surface area (Å²) in [5.41, 5.74) is 3.98. The molecule has 2 aromatic carbocycles. The van der Waals surface area contributed by atoms with Gasteiger partial charge in [0.25, 0.3) is 0 Å². The Hall–Kier alpha value is -2.04. The molecular formula is C25H31N. The SMILES string of the molecule is CC(C)(C)N(C(C)(C)C)C1(c2ccc(C#Cc3ccccc3)cc2)CC1. The fraction of sp³-hybridized carbons (Fsp3) is 0.440. The van der Waals surface area contributed by atoms with E-state index in [0.717, 1.165) is 11.1 Å². The Labute approximate surface area is 159 Å². The van der Waals surface area contributed by atoms with Crippen molar-refractivity contribution >= 4 is 0 Å². The third-order valence-electron chi connectivity index (χ3n) is 5.04. The summed E-state index contributed by atoms with van der Waals surface area (Å²) in [6, 6.07) is 19.1. The molecule has 0 aliphatic heterocycles. The lowest BCUT2D eigenvalue weighted by atomic mass is 9.88. The average molecular weight is 346 g/mol. The highest BCUT2D eigenvalue weighted by Gasteiger charge is 2.56. The Morgan fingerprint density at radius 3 is 1.58 bits per heavy atom. The lowest BCUT2D eigenvalue weighted by molar-refractivity contribution is -0.0210. The molecule has 26 heavy (non-hydrogen) atoms. The predicted molar refractivity (Wildman–Crippen MR) is 111 cm³/mol. The molecule has 0 heterocycles. The van der Waals surface area contributed by atoms with E-state index in [1.54, 1.807) is 0 Å². The first kappa shape index (κ1) is 18.7. The van der Waals surface area contributed by atoms with Crippen molar-refractivity contribution in [3.05, 3.63) is 71.3 Å². The van der Waals surface area contributed by atoms with Crippen molar-refractivity contribution < 1.29 is 0 Å². The molecule has 1 nitrogen and oxygen atoms in total. The van der Waals surface area contributed by atoms with E-state index in [-0.39, 0.29) is 16.6 Å². The second-order valence-electron chi connectivity index (χ2n) is 9.40. The van der Waals surface area contributed by atoms with E-state index in [1.807, 2.05) is 30.3 Å². The lowest BCUT2D eigenvalue weighted by Crippen LogP contribution is -2.57. The van der Waals surface area contributed by atoms with Crippen molar-refractivity contribution in [2.24, 2.45) is 0 Å². The monoisotopic (exact) mass is 345 g/mol. The van der Waals surface area contributed by atoms with E-state index < -0.39 is 0 Å². The summed E-state index contributed by atoms with van der Waals surface area (Å²) in [5, 5.41) is 0. The van der Waals surface area contributed by atoms with E-state index in [4.69, 9.17) is 0 Å². The van der Waals surface area contributed by atoms with Crippen molar-refractivity contribution in [3.63, 3.8) is 0 Å². The second-order valence-corrected chi connectivity index (χ2v) is 9.40. The highest BCUT2D eigenvalue weighted by Crippen LogP contribution is 2.56. The fourth-order valence-electron chi connectivity index (χ4n) is 4.58. The van der Waals surface area contributed by atoms with Crippen LogP contribution in [0.3, 0.4) is 0 Å². The molecule has 2 aromatic rings. The summed E-state index contributed by atoms with van der Waals surface area (Å²) >= 11 is 0. The lowest BCUT2D eigenvalue weighted by Gasteiger charge is -2.51. The second kappa shape index (κ2) is 6.60. The number of hydrogen-bond acceptors (Lipinski definition) is 1. The molecular weight excluding hydrogens is 314 g/mol. The van der Waals surface area contributed by atoms with Gasteiger partial charge in [-0.1, -0.05) is 42.2 Å². The standard InChI is InChI=1S/C25H31N/c1-23(2,3)26(24(4,5)6)25(18-19-25)22-16-14-21(15-17-22)13-12-20-10-8-7-9-11-20/h7-11,14-17H,18-19H2,1-6H3. The first-order valence-electron chi connectivity index (χ1n) is 9.61. The minimum absolute atomic E-state index is 0.126. The molecule has 1 fully saturated rings. The van der Waals surface area contributed by atoms with Gasteiger partial charge < -0.3 is 0 Å². The molecule has 1 heteroatoms. The summed E-state index contributed by atoms with van der Waals surface area (Å²) in [6.45, 7) is 14.0. The van der Waals surface area contributed by atoms with Crippen LogP contribution >= 0.6 is 0 Å². The molecule has 0 N–H and O–H groups in total. The van der Waals surface area contributed by atoms with Crippen LogP contribution in [-0.2, 0) is 5.54 Å². The van der Waals surface area contributed by atoms with Gasteiger partial charge >= 0.3 is 0 Å². The van der Waals surface area contributed by atoms with Crippen molar-refractivity contribution in [1.29, 1.82) is 0 Å². The van der Waals surface area contributed by atoms with Crippen molar-refractivity contribution in [1.82, 2.24) is 4.90 Å². The van der Waals surface area contributed by atoms with Crippen LogP contribution in [0.25, 0.3) is 0 Å². The van der Waals surface area contributed by atoms with Crippen LogP contribution in [0.1, 0.15) is 71.1 Å². The van der Waals surface area contributed by atoms with E-state index in [9.17, 15) is 0 Å². The molecule has 0 aromatic heterocycles.